The fourth-order valence-corrected chi connectivity index (χ4v) is 2.92. The van der Waals surface area contributed by atoms with Gasteiger partial charge < -0.3 is 9.63 Å². The molecule has 0 fully saturated rings. The standard InChI is InChI=1S/C14H9Br2N3O2/c1-7-2-3-8(4-11(7)20)14-18-13(19-21-14)12-10(16)5-9(15)6-17-12/h2-6,20H,1H3. The van der Waals surface area contributed by atoms with Crippen LogP contribution < -0.4 is 0 Å². The molecule has 0 saturated heterocycles. The first-order valence-electron chi connectivity index (χ1n) is 5.99. The Morgan fingerprint density at radius 2 is 2.00 bits per heavy atom. The quantitative estimate of drug-likeness (QED) is 0.680. The Morgan fingerprint density at radius 3 is 2.71 bits per heavy atom. The van der Waals surface area contributed by atoms with E-state index < -0.39 is 0 Å². The van der Waals surface area contributed by atoms with E-state index in [1.807, 2.05) is 19.1 Å². The van der Waals surface area contributed by atoms with Crippen LogP contribution in [0.1, 0.15) is 5.56 Å². The van der Waals surface area contributed by atoms with E-state index >= 15 is 0 Å². The summed E-state index contributed by atoms with van der Waals surface area (Å²) in [5.41, 5.74) is 2.03. The number of aromatic nitrogens is 3. The third-order valence-corrected chi connectivity index (χ3v) is 3.94. The van der Waals surface area contributed by atoms with E-state index in [0.29, 0.717) is 23.0 Å². The summed E-state index contributed by atoms with van der Waals surface area (Å²) < 4.78 is 6.85. The van der Waals surface area contributed by atoms with Crippen LogP contribution >= 0.6 is 31.9 Å². The Hall–Kier alpha value is -1.73. The second-order valence-electron chi connectivity index (χ2n) is 4.41. The molecule has 0 aliphatic rings. The van der Waals surface area contributed by atoms with Gasteiger partial charge in [-0.3, -0.25) is 4.98 Å². The molecule has 7 heteroatoms. The van der Waals surface area contributed by atoms with E-state index in [2.05, 4.69) is 47.0 Å². The summed E-state index contributed by atoms with van der Waals surface area (Å²) in [6.07, 6.45) is 1.66. The van der Waals surface area contributed by atoms with Crippen LogP contribution in [0.4, 0.5) is 0 Å². The molecule has 2 aromatic heterocycles. The molecule has 0 aliphatic heterocycles. The number of aryl methyl sites for hydroxylation is 1. The number of phenols is 1. The van der Waals surface area contributed by atoms with Crippen LogP contribution in [0.15, 0.2) is 43.9 Å². The molecular formula is C14H9Br2N3O2. The number of aromatic hydroxyl groups is 1. The Kier molecular flexibility index (Phi) is 3.77. The molecule has 1 N–H and O–H groups in total. The normalized spacial score (nSPS) is 10.8. The first kappa shape index (κ1) is 14.2. The predicted octanol–water partition coefficient (Wildman–Crippen LogP) is 4.34. The van der Waals surface area contributed by atoms with Crippen molar-refractivity contribution >= 4 is 31.9 Å². The molecule has 3 rings (SSSR count). The van der Waals surface area contributed by atoms with Crippen molar-refractivity contribution in [1.82, 2.24) is 15.1 Å². The van der Waals surface area contributed by atoms with Gasteiger partial charge in [-0.25, -0.2) is 0 Å². The number of halogens is 2. The van der Waals surface area contributed by atoms with Gasteiger partial charge in [0.15, 0.2) is 0 Å². The van der Waals surface area contributed by atoms with Crippen molar-refractivity contribution in [3.05, 3.63) is 45.0 Å². The molecule has 0 aliphatic carbocycles. The number of phenolic OH excluding ortho intramolecular Hbond substituents is 1. The Bertz CT molecular complexity index is 818. The Labute approximate surface area is 137 Å². The van der Waals surface area contributed by atoms with Gasteiger partial charge in [0.2, 0.25) is 5.82 Å². The van der Waals surface area contributed by atoms with Gasteiger partial charge in [-0.05, 0) is 62.5 Å². The first-order chi connectivity index (χ1) is 10.0. The van der Waals surface area contributed by atoms with Gasteiger partial charge in [0.25, 0.3) is 5.89 Å². The number of hydrogen-bond donors (Lipinski definition) is 1. The predicted molar refractivity (Wildman–Crippen MR) is 84.8 cm³/mol. The topological polar surface area (TPSA) is 72.0 Å². The largest absolute Gasteiger partial charge is 0.508 e. The van der Waals surface area contributed by atoms with Gasteiger partial charge in [-0.1, -0.05) is 11.2 Å². The fraction of sp³-hybridized carbons (Fsp3) is 0.0714. The molecule has 0 amide bonds. The monoisotopic (exact) mass is 409 g/mol. The molecule has 3 aromatic rings. The zero-order valence-corrected chi connectivity index (χ0v) is 14.0. The van der Waals surface area contributed by atoms with Crippen molar-refractivity contribution in [3.63, 3.8) is 0 Å². The zero-order chi connectivity index (χ0) is 15.0. The average Bonchev–Trinajstić information content (AvgIpc) is 2.91. The molecule has 2 heterocycles. The second-order valence-corrected chi connectivity index (χ2v) is 6.18. The number of benzene rings is 1. The van der Waals surface area contributed by atoms with Gasteiger partial charge in [0, 0.05) is 20.7 Å². The summed E-state index contributed by atoms with van der Waals surface area (Å²) in [6, 6.07) is 7.06. The highest BCUT2D eigenvalue weighted by molar-refractivity contribution is 9.11. The summed E-state index contributed by atoms with van der Waals surface area (Å²) in [4.78, 5) is 8.57. The molecule has 0 spiro atoms. The molecule has 106 valence electrons. The molecule has 0 radical (unpaired) electrons. The Morgan fingerprint density at radius 1 is 1.19 bits per heavy atom. The number of hydrogen-bond acceptors (Lipinski definition) is 5. The smallest absolute Gasteiger partial charge is 0.258 e. The van der Waals surface area contributed by atoms with Crippen LogP contribution in [0.2, 0.25) is 0 Å². The minimum Gasteiger partial charge on any atom is -0.508 e. The molecule has 0 saturated carbocycles. The van der Waals surface area contributed by atoms with Crippen LogP contribution in [-0.4, -0.2) is 20.2 Å². The minimum absolute atomic E-state index is 0.190. The lowest BCUT2D eigenvalue weighted by molar-refractivity contribution is 0.431. The number of rotatable bonds is 2. The highest BCUT2D eigenvalue weighted by atomic mass is 79.9. The molecule has 0 bridgehead atoms. The maximum absolute atomic E-state index is 9.74. The van der Waals surface area contributed by atoms with Crippen LogP contribution in [0.3, 0.4) is 0 Å². The summed E-state index contributed by atoms with van der Waals surface area (Å²) in [7, 11) is 0. The van der Waals surface area contributed by atoms with E-state index in [0.717, 1.165) is 14.5 Å². The van der Waals surface area contributed by atoms with Crippen molar-refractivity contribution in [2.75, 3.05) is 0 Å². The maximum Gasteiger partial charge on any atom is 0.258 e. The minimum atomic E-state index is 0.190. The lowest BCUT2D eigenvalue weighted by atomic mass is 10.1. The molecule has 21 heavy (non-hydrogen) atoms. The molecule has 0 unspecified atom stereocenters. The SMILES string of the molecule is Cc1ccc(-c2nc(-c3ncc(Br)cc3Br)no2)cc1O. The molecule has 1 aromatic carbocycles. The molecule has 5 nitrogen and oxygen atoms in total. The van der Waals surface area contributed by atoms with E-state index in [9.17, 15) is 5.11 Å². The molecule has 0 atom stereocenters. The van der Waals surface area contributed by atoms with Crippen LogP contribution in [0.5, 0.6) is 5.75 Å². The Balaban J connectivity index is 2.01. The van der Waals surface area contributed by atoms with Crippen LogP contribution in [0, 0.1) is 6.92 Å². The van der Waals surface area contributed by atoms with E-state index in [1.54, 1.807) is 18.3 Å². The van der Waals surface area contributed by atoms with E-state index in [1.165, 1.54) is 0 Å². The lowest BCUT2D eigenvalue weighted by Gasteiger charge is -1.99. The van der Waals surface area contributed by atoms with Crippen molar-refractivity contribution in [2.45, 2.75) is 6.92 Å². The summed E-state index contributed by atoms with van der Waals surface area (Å²) >= 11 is 6.76. The van der Waals surface area contributed by atoms with Crippen molar-refractivity contribution in [2.24, 2.45) is 0 Å². The summed E-state index contributed by atoms with van der Waals surface area (Å²) in [5, 5.41) is 13.7. The highest BCUT2D eigenvalue weighted by Crippen LogP contribution is 2.29. The van der Waals surface area contributed by atoms with Crippen LogP contribution in [-0.2, 0) is 0 Å². The van der Waals surface area contributed by atoms with Crippen molar-refractivity contribution in [1.29, 1.82) is 0 Å². The third kappa shape index (κ3) is 2.84. The van der Waals surface area contributed by atoms with Gasteiger partial charge in [-0.15, -0.1) is 0 Å². The van der Waals surface area contributed by atoms with Gasteiger partial charge in [0.05, 0.1) is 0 Å². The first-order valence-corrected chi connectivity index (χ1v) is 7.58. The van der Waals surface area contributed by atoms with Crippen LogP contribution in [0.25, 0.3) is 23.0 Å². The van der Waals surface area contributed by atoms with E-state index in [-0.39, 0.29) is 5.75 Å². The number of nitrogens with zero attached hydrogens (tertiary/aromatic N) is 3. The summed E-state index contributed by atoms with van der Waals surface area (Å²) in [5.74, 6) is 0.900. The average molecular weight is 411 g/mol. The van der Waals surface area contributed by atoms with Gasteiger partial charge >= 0.3 is 0 Å². The third-order valence-electron chi connectivity index (χ3n) is 2.90. The number of pyridine rings is 1. The van der Waals surface area contributed by atoms with Gasteiger partial charge in [0.1, 0.15) is 11.4 Å². The maximum atomic E-state index is 9.74. The van der Waals surface area contributed by atoms with Crippen molar-refractivity contribution < 1.29 is 9.63 Å². The zero-order valence-electron chi connectivity index (χ0n) is 10.8. The fourth-order valence-electron chi connectivity index (χ4n) is 1.76. The second kappa shape index (κ2) is 5.57. The highest BCUT2D eigenvalue weighted by Gasteiger charge is 2.15. The lowest BCUT2D eigenvalue weighted by Crippen LogP contribution is -1.88. The summed E-state index contributed by atoms with van der Waals surface area (Å²) in [6.45, 7) is 1.82. The van der Waals surface area contributed by atoms with Crippen molar-refractivity contribution in [3.8, 4) is 28.7 Å². The molecular weight excluding hydrogens is 402 g/mol. The van der Waals surface area contributed by atoms with E-state index in [4.69, 9.17) is 4.52 Å². The van der Waals surface area contributed by atoms with Gasteiger partial charge in [-0.2, -0.15) is 4.98 Å².